The van der Waals surface area contributed by atoms with Crippen molar-refractivity contribution in [2.75, 3.05) is 39.2 Å². The molecule has 0 radical (unpaired) electrons. The Hall–Kier alpha value is -2.71. The third-order valence-electron chi connectivity index (χ3n) is 8.49. The van der Waals surface area contributed by atoms with E-state index in [4.69, 9.17) is 4.74 Å². The van der Waals surface area contributed by atoms with Gasteiger partial charge in [0.1, 0.15) is 0 Å². The van der Waals surface area contributed by atoms with E-state index in [-0.39, 0.29) is 17.1 Å². The zero-order valence-corrected chi connectivity index (χ0v) is 20.4. The molecule has 5 rings (SSSR count). The number of urea groups is 1. The Morgan fingerprint density at radius 2 is 1.68 bits per heavy atom. The zero-order valence-electron chi connectivity index (χ0n) is 20.4. The van der Waals surface area contributed by atoms with Gasteiger partial charge in [-0.15, -0.1) is 0 Å². The maximum Gasteiger partial charge on any atom is 0.327 e. The number of carbonyl (C=O) groups is 1. The number of nitrogens with zero attached hydrogens (tertiary/aromatic N) is 5. The normalized spacial score (nSPS) is 28.4. The van der Waals surface area contributed by atoms with Crippen molar-refractivity contribution in [3.63, 3.8) is 0 Å². The van der Waals surface area contributed by atoms with Crippen LogP contribution in [0.15, 0.2) is 42.7 Å². The summed E-state index contributed by atoms with van der Waals surface area (Å²) in [6, 6.07) is 10.6. The summed E-state index contributed by atoms with van der Waals surface area (Å²) < 4.78 is 5.19. The largest absolute Gasteiger partial charge is 0.494 e. The van der Waals surface area contributed by atoms with Gasteiger partial charge in [-0.2, -0.15) is 0 Å². The second-order valence-corrected chi connectivity index (χ2v) is 10.5. The highest BCUT2D eigenvalue weighted by molar-refractivity contribution is 5.93. The number of rotatable bonds is 6. The van der Waals surface area contributed by atoms with E-state index in [9.17, 15) is 9.90 Å². The number of aliphatic hydroxyl groups is 1. The van der Waals surface area contributed by atoms with Gasteiger partial charge in [-0.3, -0.25) is 9.80 Å². The lowest BCUT2D eigenvalue weighted by Crippen LogP contribution is -2.59. The summed E-state index contributed by atoms with van der Waals surface area (Å²) in [6.45, 7) is 0.908. The molecule has 2 saturated carbocycles. The van der Waals surface area contributed by atoms with Crippen LogP contribution in [0.2, 0.25) is 0 Å². The number of hydrogen-bond acceptors (Lipinski definition) is 6. The Balaban J connectivity index is 1.46. The van der Waals surface area contributed by atoms with E-state index >= 15 is 0 Å². The summed E-state index contributed by atoms with van der Waals surface area (Å²) in [5, 5.41) is 11.0. The summed E-state index contributed by atoms with van der Waals surface area (Å²) in [5.41, 5.74) is 0.117. The van der Waals surface area contributed by atoms with Gasteiger partial charge in [-0.05, 0) is 64.6 Å². The molecule has 0 unspecified atom stereocenters. The summed E-state index contributed by atoms with van der Waals surface area (Å²) in [7, 11) is 5.87. The average Bonchev–Trinajstić information content (AvgIpc) is 3.10. The van der Waals surface area contributed by atoms with Gasteiger partial charge < -0.3 is 14.7 Å². The summed E-state index contributed by atoms with van der Waals surface area (Å²) >= 11 is 0. The van der Waals surface area contributed by atoms with Crippen LogP contribution < -0.4 is 9.64 Å². The molecule has 2 amide bonds. The van der Waals surface area contributed by atoms with Crippen LogP contribution in [-0.4, -0.2) is 76.3 Å². The molecular formula is C26H35N5O3. The molecule has 1 aliphatic heterocycles. The quantitative estimate of drug-likeness (QED) is 0.704. The number of aromatic nitrogens is 2. The fraction of sp³-hybridized carbons (Fsp3) is 0.577. The number of amides is 2. The minimum absolute atomic E-state index is 0.0708. The number of benzene rings is 1. The van der Waals surface area contributed by atoms with Gasteiger partial charge in [0.25, 0.3) is 0 Å². The molecule has 182 valence electrons. The number of anilines is 1. The van der Waals surface area contributed by atoms with Crippen molar-refractivity contribution in [2.45, 2.75) is 61.6 Å². The van der Waals surface area contributed by atoms with Gasteiger partial charge in [0, 0.05) is 5.54 Å². The lowest BCUT2D eigenvalue weighted by molar-refractivity contribution is -0.0725. The standard InChI is InChI=1S/C26H35N5O3/c1-29(2)26(20-8-5-4-6-9-20)14-12-24(13-15-26)18-30(22-27-16-21(34-3)17-28-22)23(32)31(24)19-25(33)10-7-11-25/h4-6,8-9,16-17,33H,7,10-15,18-19H2,1-3H3/t24-,26+. The predicted octanol–water partition coefficient (Wildman–Crippen LogP) is 3.41. The highest BCUT2D eigenvalue weighted by Gasteiger charge is 2.57. The fourth-order valence-electron chi connectivity index (χ4n) is 6.08. The van der Waals surface area contributed by atoms with Crippen molar-refractivity contribution in [2.24, 2.45) is 0 Å². The van der Waals surface area contributed by atoms with Crippen LogP contribution in [0.3, 0.4) is 0 Å². The molecule has 2 heterocycles. The Labute approximate surface area is 201 Å². The van der Waals surface area contributed by atoms with Crippen LogP contribution >= 0.6 is 0 Å². The van der Waals surface area contributed by atoms with Crippen molar-refractivity contribution in [3.05, 3.63) is 48.3 Å². The van der Waals surface area contributed by atoms with Gasteiger partial charge in [0.15, 0.2) is 5.75 Å². The molecule has 2 aliphatic carbocycles. The molecule has 1 aromatic heterocycles. The lowest BCUT2D eigenvalue weighted by atomic mass is 9.67. The molecule has 3 fully saturated rings. The van der Waals surface area contributed by atoms with Gasteiger partial charge >= 0.3 is 6.03 Å². The van der Waals surface area contributed by atoms with E-state index in [1.807, 2.05) is 4.90 Å². The Kier molecular flexibility index (Phi) is 5.76. The molecule has 34 heavy (non-hydrogen) atoms. The van der Waals surface area contributed by atoms with Crippen LogP contribution in [0.5, 0.6) is 5.75 Å². The number of carbonyl (C=O) groups excluding carboxylic acids is 1. The molecule has 1 saturated heterocycles. The molecule has 1 N–H and O–H groups in total. The minimum atomic E-state index is -0.783. The molecule has 1 spiro atoms. The molecule has 0 bridgehead atoms. The van der Waals surface area contributed by atoms with Crippen molar-refractivity contribution in [3.8, 4) is 5.75 Å². The third kappa shape index (κ3) is 3.73. The lowest BCUT2D eigenvalue weighted by Gasteiger charge is -2.52. The monoisotopic (exact) mass is 465 g/mol. The van der Waals surface area contributed by atoms with E-state index in [0.717, 1.165) is 44.9 Å². The van der Waals surface area contributed by atoms with E-state index in [0.29, 0.717) is 24.8 Å². The molecule has 3 aliphatic rings. The SMILES string of the molecule is COc1cnc(N2C[C@]3(CC[C@](c4ccccc4)(N(C)C)CC3)N(CC3(O)CCC3)C2=O)nc1. The Bertz CT molecular complexity index is 1010. The van der Waals surface area contributed by atoms with Crippen molar-refractivity contribution in [1.82, 2.24) is 19.8 Å². The van der Waals surface area contributed by atoms with Crippen LogP contribution in [0.4, 0.5) is 10.7 Å². The molecule has 8 nitrogen and oxygen atoms in total. The van der Waals surface area contributed by atoms with Crippen molar-refractivity contribution < 1.29 is 14.6 Å². The number of methoxy groups -OCH3 is 1. The van der Waals surface area contributed by atoms with Crippen LogP contribution in [0, 0.1) is 0 Å². The van der Waals surface area contributed by atoms with Crippen molar-refractivity contribution >= 4 is 12.0 Å². The number of hydrogen-bond donors (Lipinski definition) is 1. The topological polar surface area (TPSA) is 82.0 Å². The summed E-state index contributed by atoms with van der Waals surface area (Å²) in [5.74, 6) is 0.947. The van der Waals surface area contributed by atoms with Gasteiger partial charge in [0.05, 0.1) is 43.7 Å². The minimum Gasteiger partial charge on any atom is -0.494 e. The Morgan fingerprint density at radius 3 is 2.21 bits per heavy atom. The smallest absolute Gasteiger partial charge is 0.327 e. The predicted molar refractivity (Wildman–Crippen MR) is 130 cm³/mol. The summed E-state index contributed by atoms with van der Waals surface area (Å²) in [4.78, 5) is 28.5. The first kappa shape index (κ1) is 23.1. The van der Waals surface area contributed by atoms with Crippen LogP contribution in [0.25, 0.3) is 0 Å². The van der Waals surface area contributed by atoms with Crippen LogP contribution in [0.1, 0.15) is 50.5 Å². The number of ether oxygens (including phenoxy) is 1. The second kappa shape index (κ2) is 8.50. The first-order chi connectivity index (χ1) is 16.3. The van der Waals surface area contributed by atoms with E-state index in [1.165, 1.54) is 5.56 Å². The highest BCUT2D eigenvalue weighted by Crippen LogP contribution is 2.50. The Morgan fingerprint density at radius 1 is 1.03 bits per heavy atom. The van der Waals surface area contributed by atoms with Gasteiger partial charge in [0.2, 0.25) is 5.95 Å². The fourth-order valence-corrected chi connectivity index (χ4v) is 6.08. The van der Waals surface area contributed by atoms with E-state index in [1.54, 1.807) is 24.4 Å². The van der Waals surface area contributed by atoms with Crippen LogP contribution in [-0.2, 0) is 5.54 Å². The summed E-state index contributed by atoms with van der Waals surface area (Å²) in [6.07, 6.45) is 9.27. The first-order valence-corrected chi connectivity index (χ1v) is 12.2. The molecule has 0 atom stereocenters. The highest BCUT2D eigenvalue weighted by atomic mass is 16.5. The third-order valence-corrected chi connectivity index (χ3v) is 8.49. The van der Waals surface area contributed by atoms with E-state index in [2.05, 4.69) is 59.3 Å². The van der Waals surface area contributed by atoms with Gasteiger partial charge in [-0.25, -0.2) is 14.8 Å². The van der Waals surface area contributed by atoms with Crippen molar-refractivity contribution in [1.29, 1.82) is 0 Å². The molecular weight excluding hydrogens is 430 g/mol. The molecule has 8 heteroatoms. The molecule has 1 aromatic carbocycles. The first-order valence-electron chi connectivity index (χ1n) is 12.2. The zero-order chi connectivity index (χ0) is 24.0. The maximum atomic E-state index is 13.7. The van der Waals surface area contributed by atoms with E-state index < -0.39 is 5.60 Å². The maximum absolute atomic E-state index is 13.7. The van der Waals surface area contributed by atoms with Gasteiger partial charge in [-0.1, -0.05) is 30.3 Å². The molecule has 2 aromatic rings. The number of β-amino-alcohol motifs (C(OH)–C–C–N with tert-alkyl or cyclic N) is 1. The average molecular weight is 466 g/mol. The second-order valence-electron chi connectivity index (χ2n) is 10.5.